The Balaban J connectivity index is 2.27. The Kier molecular flexibility index (Phi) is 1.74. The van der Waals surface area contributed by atoms with Gasteiger partial charge in [0.05, 0.1) is 17.7 Å². The van der Waals surface area contributed by atoms with Gasteiger partial charge in [0, 0.05) is 24.7 Å². The second-order valence-electron chi connectivity index (χ2n) is 3.67. The second-order valence-corrected chi connectivity index (χ2v) is 3.67. The van der Waals surface area contributed by atoms with E-state index in [2.05, 4.69) is 28.0 Å². The quantitative estimate of drug-likeness (QED) is 0.646. The van der Waals surface area contributed by atoms with Crippen LogP contribution in [-0.4, -0.2) is 30.2 Å². The van der Waals surface area contributed by atoms with Crippen LogP contribution in [0.5, 0.6) is 5.75 Å². The Labute approximate surface area is 87.5 Å². The fourth-order valence-corrected chi connectivity index (χ4v) is 1.83. The van der Waals surface area contributed by atoms with Gasteiger partial charge in [0.2, 0.25) is 0 Å². The topological polar surface area (TPSA) is 38.2 Å². The Bertz CT molecular complexity index is 512. The minimum atomic E-state index is 0.736. The van der Waals surface area contributed by atoms with Gasteiger partial charge in [-0.3, -0.25) is 0 Å². The number of benzene rings is 1. The molecule has 0 atom stereocenters. The second kappa shape index (κ2) is 3.08. The third-order valence-electron chi connectivity index (χ3n) is 2.68. The average molecular weight is 201 g/mol. The molecular weight excluding hydrogens is 190 g/mol. The van der Waals surface area contributed by atoms with Crippen molar-refractivity contribution in [2.45, 2.75) is 0 Å². The first-order valence-corrected chi connectivity index (χ1v) is 4.92. The Morgan fingerprint density at radius 3 is 3.27 bits per heavy atom. The summed E-state index contributed by atoms with van der Waals surface area (Å²) in [5, 5.41) is 1.05. The van der Waals surface area contributed by atoms with Crippen LogP contribution in [0.4, 0.5) is 5.69 Å². The molecule has 3 rings (SSSR count). The van der Waals surface area contributed by atoms with Crippen molar-refractivity contribution in [3.05, 3.63) is 24.7 Å². The maximum atomic E-state index is 5.60. The monoisotopic (exact) mass is 201 g/mol. The van der Waals surface area contributed by atoms with Gasteiger partial charge in [0.25, 0.3) is 0 Å². The standard InChI is InChI=1S/C11H11N3O/c1-14-2-3-15-11-5-9-8(4-10(11)14)6-12-7-13-9/h4-7H,2-3H2,1H3. The first-order chi connectivity index (χ1) is 7.34. The van der Waals surface area contributed by atoms with Crippen molar-refractivity contribution >= 4 is 16.6 Å². The van der Waals surface area contributed by atoms with E-state index in [9.17, 15) is 0 Å². The minimum Gasteiger partial charge on any atom is -0.489 e. The van der Waals surface area contributed by atoms with E-state index >= 15 is 0 Å². The molecule has 0 aliphatic carbocycles. The number of hydrogen-bond acceptors (Lipinski definition) is 4. The molecule has 1 aliphatic rings. The number of fused-ring (bicyclic) bond motifs is 2. The molecule has 2 aromatic rings. The van der Waals surface area contributed by atoms with Gasteiger partial charge in [0.15, 0.2) is 0 Å². The lowest BCUT2D eigenvalue weighted by Gasteiger charge is -2.27. The molecule has 1 aliphatic heterocycles. The van der Waals surface area contributed by atoms with Gasteiger partial charge in [-0.15, -0.1) is 0 Å². The lowest BCUT2D eigenvalue weighted by atomic mass is 10.2. The summed E-state index contributed by atoms with van der Waals surface area (Å²) in [6.07, 6.45) is 3.38. The summed E-state index contributed by atoms with van der Waals surface area (Å²) in [6, 6.07) is 4.05. The number of anilines is 1. The van der Waals surface area contributed by atoms with Gasteiger partial charge in [-0.1, -0.05) is 0 Å². The number of hydrogen-bond donors (Lipinski definition) is 0. The van der Waals surface area contributed by atoms with Crippen LogP contribution in [0.2, 0.25) is 0 Å². The molecule has 76 valence electrons. The predicted octanol–water partition coefficient (Wildman–Crippen LogP) is 1.46. The highest BCUT2D eigenvalue weighted by Gasteiger charge is 2.15. The molecule has 15 heavy (non-hydrogen) atoms. The van der Waals surface area contributed by atoms with Gasteiger partial charge in [-0.25, -0.2) is 9.97 Å². The molecule has 4 nitrogen and oxygen atoms in total. The highest BCUT2D eigenvalue weighted by Crippen LogP contribution is 2.33. The number of nitrogens with zero attached hydrogens (tertiary/aromatic N) is 3. The Morgan fingerprint density at radius 2 is 2.33 bits per heavy atom. The van der Waals surface area contributed by atoms with Gasteiger partial charge in [0.1, 0.15) is 18.7 Å². The molecule has 2 heterocycles. The smallest absolute Gasteiger partial charge is 0.144 e. The van der Waals surface area contributed by atoms with E-state index in [1.165, 1.54) is 0 Å². The molecule has 0 bridgehead atoms. The zero-order valence-electron chi connectivity index (χ0n) is 8.47. The summed E-state index contributed by atoms with van der Waals surface area (Å²) < 4.78 is 5.60. The van der Waals surface area contributed by atoms with Crippen LogP contribution < -0.4 is 9.64 Å². The molecule has 0 fully saturated rings. The van der Waals surface area contributed by atoms with E-state index < -0.39 is 0 Å². The molecule has 0 saturated carbocycles. The van der Waals surface area contributed by atoms with Crippen molar-refractivity contribution in [2.24, 2.45) is 0 Å². The molecule has 0 amide bonds. The number of ether oxygens (including phenoxy) is 1. The number of likely N-dealkylation sites (N-methyl/N-ethyl adjacent to an activating group) is 1. The van der Waals surface area contributed by atoms with E-state index in [1.54, 1.807) is 6.33 Å². The fraction of sp³-hybridized carbons (Fsp3) is 0.273. The maximum absolute atomic E-state index is 5.60. The van der Waals surface area contributed by atoms with Crippen molar-refractivity contribution < 1.29 is 4.74 Å². The molecule has 0 unspecified atom stereocenters. The van der Waals surface area contributed by atoms with Crippen LogP contribution in [0.1, 0.15) is 0 Å². The Morgan fingerprint density at radius 1 is 1.40 bits per heavy atom. The minimum absolute atomic E-state index is 0.736. The van der Waals surface area contributed by atoms with Gasteiger partial charge < -0.3 is 9.64 Å². The van der Waals surface area contributed by atoms with Crippen LogP contribution in [-0.2, 0) is 0 Å². The molecule has 0 spiro atoms. The zero-order chi connectivity index (χ0) is 10.3. The average Bonchev–Trinajstić information content (AvgIpc) is 2.27. The molecule has 1 aromatic heterocycles. The summed E-state index contributed by atoms with van der Waals surface area (Å²) in [6.45, 7) is 1.66. The van der Waals surface area contributed by atoms with Crippen molar-refractivity contribution in [2.75, 3.05) is 25.1 Å². The maximum Gasteiger partial charge on any atom is 0.144 e. The van der Waals surface area contributed by atoms with Gasteiger partial charge in [-0.2, -0.15) is 0 Å². The largest absolute Gasteiger partial charge is 0.489 e. The van der Waals surface area contributed by atoms with Crippen LogP contribution in [0.25, 0.3) is 10.9 Å². The van der Waals surface area contributed by atoms with E-state index in [-0.39, 0.29) is 0 Å². The molecule has 0 saturated heterocycles. The third-order valence-corrected chi connectivity index (χ3v) is 2.68. The highest BCUT2D eigenvalue weighted by molar-refractivity contribution is 5.85. The van der Waals surface area contributed by atoms with E-state index in [0.29, 0.717) is 0 Å². The van der Waals surface area contributed by atoms with Crippen molar-refractivity contribution in [3.63, 3.8) is 0 Å². The van der Waals surface area contributed by atoms with E-state index in [4.69, 9.17) is 4.74 Å². The first-order valence-electron chi connectivity index (χ1n) is 4.92. The molecule has 4 heteroatoms. The Hall–Kier alpha value is -1.84. The first kappa shape index (κ1) is 8.47. The normalized spacial score (nSPS) is 14.9. The molecule has 0 radical (unpaired) electrons. The third kappa shape index (κ3) is 1.29. The van der Waals surface area contributed by atoms with Crippen LogP contribution in [0.3, 0.4) is 0 Å². The van der Waals surface area contributed by atoms with Gasteiger partial charge >= 0.3 is 0 Å². The van der Waals surface area contributed by atoms with Crippen molar-refractivity contribution in [3.8, 4) is 5.75 Å². The SMILES string of the molecule is CN1CCOc2cc3ncncc3cc21. The van der Waals surface area contributed by atoms with Crippen LogP contribution in [0.15, 0.2) is 24.7 Å². The summed E-state index contributed by atoms with van der Waals surface area (Å²) >= 11 is 0. The summed E-state index contributed by atoms with van der Waals surface area (Å²) in [5.41, 5.74) is 2.04. The van der Waals surface area contributed by atoms with Gasteiger partial charge in [-0.05, 0) is 6.07 Å². The highest BCUT2D eigenvalue weighted by atomic mass is 16.5. The van der Waals surface area contributed by atoms with E-state index in [0.717, 1.165) is 35.5 Å². The molecular formula is C11H11N3O. The van der Waals surface area contributed by atoms with E-state index in [1.807, 2.05) is 12.3 Å². The molecule has 1 aromatic carbocycles. The number of aromatic nitrogens is 2. The number of rotatable bonds is 0. The summed E-state index contributed by atoms with van der Waals surface area (Å²) in [7, 11) is 2.07. The molecule has 0 N–H and O–H groups in total. The lowest BCUT2D eigenvalue weighted by Crippen LogP contribution is -2.28. The van der Waals surface area contributed by atoms with Crippen molar-refractivity contribution in [1.82, 2.24) is 9.97 Å². The fourth-order valence-electron chi connectivity index (χ4n) is 1.83. The van der Waals surface area contributed by atoms with Crippen LogP contribution in [0, 0.1) is 0 Å². The summed E-state index contributed by atoms with van der Waals surface area (Å²) in [4.78, 5) is 10.4. The van der Waals surface area contributed by atoms with Crippen LogP contribution >= 0.6 is 0 Å². The lowest BCUT2D eigenvalue weighted by molar-refractivity contribution is 0.312. The van der Waals surface area contributed by atoms with Crippen molar-refractivity contribution in [1.29, 1.82) is 0 Å². The summed E-state index contributed by atoms with van der Waals surface area (Å²) in [5.74, 6) is 0.912. The zero-order valence-corrected chi connectivity index (χ0v) is 8.47. The predicted molar refractivity (Wildman–Crippen MR) is 58.3 cm³/mol.